The Kier molecular flexibility index (Phi) is 7.06. The minimum atomic E-state index is -4.56. The molecule has 3 aromatic rings. The fourth-order valence-corrected chi connectivity index (χ4v) is 2.96. The monoisotopic (exact) mass is 494 g/mol. The van der Waals surface area contributed by atoms with Crippen LogP contribution in [0.25, 0.3) is 0 Å². The fraction of sp³-hybridized carbons (Fsp3) is 0.0909. The molecule has 3 rings (SSSR count). The van der Waals surface area contributed by atoms with E-state index in [9.17, 15) is 22.4 Å². The molecule has 0 radical (unpaired) electrons. The molecule has 0 saturated heterocycles. The summed E-state index contributed by atoms with van der Waals surface area (Å²) in [6.07, 6.45) is -3.27. The largest absolute Gasteiger partial charge is 0.488 e. The minimum Gasteiger partial charge on any atom is -0.488 e. The van der Waals surface area contributed by atoms with Crippen molar-refractivity contribution in [1.29, 1.82) is 0 Å². The summed E-state index contributed by atoms with van der Waals surface area (Å²) in [5.41, 5.74) is 1.91. The first-order valence-electron chi connectivity index (χ1n) is 8.90. The van der Waals surface area contributed by atoms with Crippen molar-refractivity contribution in [1.82, 2.24) is 5.43 Å². The lowest BCUT2D eigenvalue weighted by Crippen LogP contribution is -2.18. The summed E-state index contributed by atoms with van der Waals surface area (Å²) in [5.74, 6) is -0.821. The Morgan fingerprint density at radius 3 is 2.58 bits per heavy atom. The maximum Gasteiger partial charge on any atom is 0.416 e. The number of alkyl halides is 3. The highest BCUT2D eigenvalue weighted by molar-refractivity contribution is 9.10. The average molecular weight is 495 g/mol. The van der Waals surface area contributed by atoms with Crippen LogP contribution in [0.3, 0.4) is 0 Å². The van der Waals surface area contributed by atoms with E-state index in [0.717, 1.165) is 18.2 Å². The van der Waals surface area contributed by atoms with E-state index in [1.54, 1.807) is 36.4 Å². The number of hydrogen-bond acceptors (Lipinski definition) is 3. The first-order chi connectivity index (χ1) is 14.7. The third-order valence-electron chi connectivity index (χ3n) is 4.13. The lowest BCUT2D eigenvalue weighted by molar-refractivity contribution is -0.137. The van der Waals surface area contributed by atoms with Gasteiger partial charge in [-0.2, -0.15) is 18.3 Å². The summed E-state index contributed by atoms with van der Waals surface area (Å²) in [6.45, 7) is -0.0221. The van der Waals surface area contributed by atoms with Crippen LogP contribution in [-0.2, 0) is 12.8 Å². The molecular formula is C22H15BrF4N2O2. The molecule has 1 N–H and O–H groups in total. The second-order valence-corrected chi connectivity index (χ2v) is 7.26. The van der Waals surface area contributed by atoms with E-state index in [2.05, 4.69) is 26.5 Å². The average Bonchev–Trinajstić information content (AvgIpc) is 2.73. The van der Waals surface area contributed by atoms with Gasteiger partial charge < -0.3 is 4.74 Å². The zero-order chi connectivity index (χ0) is 22.4. The Balaban J connectivity index is 1.71. The van der Waals surface area contributed by atoms with Gasteiger partial charge in [-0.15, -0.1) is 0 Å². The van der Waals surface area contributed by atoms with E-state index in [1.165, 1.54) is 18.3 Å². The molecule has 0 heterocycles. The minimum absolute atomic E-state index is 0.0221. The van der Waals surface area contributed by atoms with Gasteiger partial charge in [-0.05, 0) is 42.5 Å². The van der Waals surface area contributed by atoms with E-state index < -0.39 is 23.5 Å². The van der Waals surface area contributed by atoms with Crippen LogP contribution in [0.1, 0.15) is 27.0 Å². The predicted octanol–water partition coefficient (Wildman–Crippen LogP) is 5.95. The first-order valence-corrected chi connectivity index (χ1v) is 9.70. The van der Waals surface area contributed by atoms with Gasteiger partial charge in [0.15, 0.2) is 0 Å². The van der Waals surface area contributed by atoms with E-state index in [4.69, 9.17) is 4.74 Å². The number of halogens is 5. The number of amides is 1. The van der Waals surface area contributed by atoms with Crippen LogP contribution in [0.5, 0.6) is 5.75 Å². The number of nitrogens with zero attached hydrogens (tertiary/aromatic N) is 1. The van der Waals surface area contributed by atoms with Crippen LogP contribution in [0, 0.1) is 5.82 Å². The molecule has 0 spiro atoms. The molecule has 0 atom stereocenters. The SMILES string of the molecule is O=C(N/N=C\c1cc(Br)ccc1OCc1ccccc1F)c1cccc(C(F)(F)F)c1. The molecule has 160 valence electrons. The van der Waals surface area contributed by atoms with Crippen molar-refractivity contribution in [2.24, 2.45) is 5.10 Å². The van der Waals surface area contributed by atoms with Gasteiger partial charge in [0.25, 0.3) is 5.91 Å². The maximum absolute atomic E-state index is 13.8. The standard InChI is InChI=1S/C22H15BrF4N2O2/c23-18-8-9-20(31-13-15-4-1-2-7-19(15)24)16(11-18)12-28-29-21(30)14-5-3-6-17(10-14)22(25,26)27/h1-12H,13H2,(H,29,30)/b28-12-. The number of carbonyl (C=O) groups is 1. The normalized spacial score (nSPS) is 11.5. The Labute approximate surface area is 183 Å². The molecule has 0 bridgehead atoms. The highest BCUT2D eigenvalue weighted by atomic mass is 79.9. The molecule has 0 aliphatic heterocycles. The molecule has 0 aliphatic carbocycles. The maximum atomic E-state index is 13.8. The lowest BCUT2D eigenvalue weighted by atomic mass is 10.1. The number of carbonyl (C=O) groups excluding carboxylic acids is 1. The van der Waals surface area contributed by atoms with E-state index >= 15 is 0 Å². The molecule has 0 unspecified atom stereocenters. The Bertz CT molecular complexity index is 1120. The zero-order valence-corrected chi connectivity index (χ0v) is 17.4. The van der Waals surface area contributed by atoms with Crippen molar-refractivity contribution in [2.75, 3.05) is 0 Å². The highest BCUT2D eigenvalue weighted by Crippen LogP contribution is 2.29. The van der Waals surface area contributed by atoms with Gasteiger partial charge in [-0.3, -0.25) is 4.79 Å². The topological polar surface area (TPSA) is 50.7 Å². The molecule has 1 amide bonds. The molecule has 0 aliphatic rings. The second kappa shape index (κ2) is 9.74. The zero-order valence-electron chi connectivity index (χ0n) is 15.8. The van der Waals surface area contributed by atoms with Gasteiger partial charge in [0.1, 0.15) is 18.2 Å². The summed E-state index contributed by atoms with van der Waals surface area (Å²) in [5, 5.41) is 3.80. The number of hydrogen-bond donors (Lipinski definition) is 1. The van der Waals surface area contributed by atoms with Gasteiger partial charge in [0.05, 0.1) is 11.8 Å². The molecular weight excluding hydrogens is 480 g/mol. The van der Waals surface area contributed by atoms with Crippen molar-refractivity contribution in [2.45, 2.75) is 12.8 Å². The quantitative estimate of drug-likeness (QED) is 0.261. The van der Waals surface area contributed by atoms with E-state index in [1.807, 2.05) is 0 Å². The third kappa shape index (κ3) is 6.14. The van der Waals surface area contributed by atoms with Crippen molar-refractivity contribution in [3.63, 3.8) is 0 Å². The number of ether oxygens (including phenoxy) is 1. The van der Waals surface area contributed by atoms with Crippen LogP contribution < -0.4 is 10.2 Å². The molecule has 4 nitrogen and oxygen atoms in total. The van der Waals surface area contributed by atoms with Gasteiger partial charge >= 0.3 is 6.18 Å². The number of rotatable bonds is 6. The summed E-state index contributed by atoms with van der Waals surface area (Å²) >= 11 is 3.32. The van der Waals surface area contributed by atoms with Gasteiger partial charge in [0, 0.05) is 21.2 Å². The Morgan fingerprint density at radius 2 is 1.84 bits per heavy atom. The second-order valence-electron chi connectivity index (χ2n) is 6.34. The molecule has 9 heteroatoms. The number of hydrazone groups is 1. The van der Waals surface area contributed by atoms with E-state index in [0.29, 0.717) is 21.3 Å². The van der Waals surface area contributed by atoms with Crippen molar-refractivity contribution >= 4 is 28.1 Å². The fourth-order valence-electron chi connectivity index (χ4n) is 2.58. The van der Waals surface area contributed by atoms with Gasteiger partial charge in [-0.1, -0.05) is 40.2 Å². The molecule has 3 aromatic carbocycles. The van der Waals surface area contributed by atoms with Crippen molar-refractivity contribution in [3.8, 4) is 5.75 Å². The Morgan fingerprint density at radius 1 is 1.06 bits per heavy atom. The van der Waals surface area contributed by atoms with Crippen LogP contribution in [-0.4, -0.2) is 12.1 Å². The molecule has 0 fully saturated rings. The lowest BCUT2D eigenvalue weighted by Gasteiger charge is -2.10. The number of nitrogens with one attached hydrogen (secondary N) is 1. The summed E-state index contributed by atoms with van der Waals surface area (Å²) in [7, 11) is 0. The summed E-state index contributed by atoms with van der Waals surface area (Å²) in [4.78, 5) is 12.1. The van der Waals surface area contributed by atoms with E-state index in [-0.39, 0.29) is 12.2 Å². The highest BCUT2D eigenvalue weighted by Gasteiger charge is 2.30. The molecule has 31 heavy (non-hydrogen) atoms. The van der Waals surface area contributed by atoms with Crippen LogP contribution >= 0.6 is 15.9 Å². The predicted molar refractivity (Wildman–Crippen MR) is 111 cm³/mol. The summed E-state index contributed by atoms with van der Waals surface area (Å²) in [6, 6.07) is 15.2. The Hall–Kier alpha value is -3.20. The van der Waals surface area contributed by atoms with Crippen molar-refractivity contribution in [3.05, 3.63) is 99.3 Å². The first kappa shape index (κ1) is 22.5. The van der Waals surface area contributed by atoms with Crippen LogP contribution in [0.4, 0.5) is 17.6 Å². The van der Waals surface area contributed by atoms with Gasteiger partial charge in [0.2, 0.25) is 0 Å². The molecule has 0 saturated carbocycles. The van der Waals surface area contributed by atoms with Gasteiger partial charge in [-0.25, -0.2) is 9.82 Å². The third-order valence-corrected chi connectivity index (χ3v) is 4.63. The van der Waals surface area contributed by atoms with Crippen molar-refractivity contribution < 1.29 is 27.1 Å². The summed E-state index contributed by atoms with van der Waals surface area (Å²) < 4.78 is 58.6. The number of benzene rings is 3. The molecule has 0 aromatic heterocycles. The van der Waals surface area contributed by atoms with Crippen LogP contribution in [0.2, 0.25) is 0 Å². The smallest absolute Gasteiger partial charge is 0.416 e. The van der Waals surface area contributed by atoms with Crippen LogP contribution in [0.15, 0.2) is 76.3 Å².